The van der Waals surface area contributed by atoms with Crippen LogP contribution in [0.3, 0.4) is 0 Å². The molecule has 1 aliphatic heterocycles. The third-order valence-corrected chi connectivity index (χ3v) is 7.60. The molecule has 0 fully saturated rings. The van der Waals surface area contributed by atoms with E-state index >= 15 is 0 Å². The molecule has 1 atom stereocenters. The summed E-state index contributed by atoms with van der Waals surface area (Å²) in [5.74, 6) is 0.884. The number of methoxy groups -OCH3 is 1. The Kier molecular flexibility index (Phi) is 8.49. The summed E-state index contributed by atoms with van der Waals surface area (Å²) in [4.78, 5) is 15.6. The van der Waals surface area contributed by atoms with Gasteiger partial charge in [-0.15, -0.1) is 0 Å². The summed E-state index contributed by atoms with van der Waals surface area (Å²) in [6.45, 7) is 7.76. The summed E-state index contributed by atoms with van der Waals surface area (Å²) in [5.41, 5.74) is 10.0. The molecule has 8 heteroatoms. The van der Waals surface area contributed by atoms with Gasteiger partial charge in [-0.25, -0.2) is 0 Å². The quantitative estimate of drug-likeness (QED) is 0.400. The second-order valence-corrected chi connectivity index (χ2v) is 11.2. The molecule has 0 spiro atoms. The molecular weight excluding hydrogens is 546 g/mol. The molecule has 200 valence electrons. The highest BCUT2D eigenvalue weighted by atomic mass is 79.9. The molecule has 1 aliphatic carbocycles. The number of Topliss-reactive ketones (excluding diaryl/α,β-unsaturated/α-hetero) is 1. The first-order valence-corrected chi connectivity index (χ1v) is 13.6. The Balaban J connectivity index is 1.83. The van der Waals surface area contributed by atoms with Gasteiger partial charge in [0.2, 0.25) is 0 Å². The number of hydrogen-bond acceptors (Lipinski definition) is 7. The fraction of sp³-hybridized carbons (Fsp3) is 0.400. The maximum absolute atomic E-state index is 13.7. The number of allylic oxidation sites excluding steroid dienone is 3. The summed E-state index contributed by atoms with van der Waals surface area (Å²) in [7, 11) is 1.62. The third kappa shape index (κ3) is 5.59. The predicted octanol–water partition coefficient (Wildman–Crippen LogP) is 5.81. The number of nitriles is 1. The Labute approximate surface area is 233 Å². The number of nitrogens with zero attached hydrogens (tertiary/aromatic N) is 2. The van der Waals surface area contributed by atoms with Crippen LogP contribution in [0.25, 0.3) is 0 Å². The molecule has 2 aromatic rings. The van der Waals surface area contributed by atoms with Crippen molar-refractivity contribution < 1.29 is 19.0 Å². The van der Waals surface area contributed by atoms with Crippen LogP contribution in [-0.2, 0) is 16.1 Å². The molecular formula is C30H34BrN3O4. The highest BCUT2D eigenvalue weighted by Crippen LogP contribution is 2.51. The van der Waals surface area contributed by atoms with Crippen LogP contribution in [0, 0.1) is 16.7 Å². The van der Waals surface area contributed by atoms with Crippen LogP contribution in [0.4, 0.5) is 0 Å². The first-order valence-electron chi connectivity index (χ1n) is 12.8. The molecule has 0 amide bonds. The highest BCUT2D eigenvalue weighted by molar-refractivity contribution is 9.10. The second-order valence-electron chi connectivity index (χ2n) is 10.3. The Morgan fingerprint density at radius 2 is 1.87 bits per heavy atom. The van der Waals surface area contributed by atoms with Gasteiger partial charge in [0.25, 0.3) is 0 Å². The lowest BCUT2D eigenvalue weighted by Gasteiger charge is -2.44. The fourth-order valence-electron chi connectivity index (χ4n) is 5.21. The summed E-state index contributed by atoms with van der Waals surface area (Å²) in [6, 6.07) is 15.9. The Morgan fingerprint density at radius 1 is 1.16 bits per heavy atom. The Morgan fingerprint density at radius 3 is 2.53 bits per heavy atom. The number of halogens is 1. The zero-order valence-corrected chi connectivity index (χ0v) is 23.9. The fourth-order valence-corrected chi connectivity index (χ4v) is 5.76. The van der Waals surface area contributed by atoms with Crippen LogP contribution < -0.4 is 15.2 Å². The van der Waals surface area contributed by atoms with E-state index in [0.717, 1.165) is 16.8 Å². The molecule has 2 N–H and O–H groups in total. The van der Waals surface area contributed by atoms with E-state index in [1.54, 1.807) is 7.11 Å². The number of benzene rings is 2. The normalized spacial score (nSPS) is 18.8. The van der Waals surface area contributed by atoms with Crippen LogP contribution in [0.5, 0.6) is 11.5 Å². The molecule has 38 heavy (non-hydrogen) atoms. The van der Waals surface area contributed by atoms with Gasteiger partial charge in [0.1, 0.15) is 12.4 Å². The number of rotatable bonds is 9. The maximum atomic E-state index is 13.7. The van der Waals surface area contributed by atoms with E-state index in [-0.39, 0.29) is 11.2 Å². The van der Waals surface area contributed by atoms with Gasteiger partial charge >= 0.3 is 0 Å². The smallest absolute Gasteiger partial charge is 0.162 e. The molecule has 2 aliphatic rings. The molecule has 7 nitrogen and oxygen atoms in total. The molecule has 0 radical (unpaired) electrons. The lowest BCUT2D eigenvalue weighted by molar-refractivity contribution is -0.118. The molecule has 0 saturated heterocycles. The van der Waals surface area contributed by atoms with Crippen molar-refractivity contribution in [1.29, 1.82) is 5.26 Å². The van der Waals surface area contributed by atoms with Gasteiger partial charge in [-0.2, -0.15) is 5.26 Å². The van der Waals surface area contributed by atoms with Crippen molar-refractivity contribution in [3.05, 3.63) is 80.7 Å². The van der Waals surface area contributed by atoms with Crippen LogP contribution >= 0.6 is 15.9 Å². The first kappa shape index (κ1) is 27.7. The number of ketones is 1. The van der Waals surface area contributed by atoms with Crippen molar-refractivity contribution in [2.45, 2.75) is 46.1 Å². The SMILES string of the molecule is CCOc1cc([C@H]2C(C#N)=C(N)N(CCOC)C3=C2C(=O)CC(C)(C)C3)c(Br)cc1OCc1ccccc1. The summed E-state index contributed by atoms with van der Waals surface area (Å²) in [6.07, 6.45) is 1.06. The first-order chi connectivity index (χ1) is 18.2. The summed E-state index contributed by atoms with van der Waals surface area (Å²) in [5, 5.41) is 10.3. The molecule has 0 aromatic heterocycles. The van der Waals surface area contributed by atoms with E-state index < -0.39 is 5.92 Å². The minimum atomic E-state index is -0.617. The van der Waals surface area contributed by atoms with E-state index in [0.29, 0.717) is 72.1 Å². The largest absolute Gasteiger partial charge is 0.490 e. The summed E-state index contributed by atoms with van der Waals surface area (Å²) >= 11 is 3.71. The maximum Gasteiger partial charge on any atom is 0.162 e. The van der Waals surface area contributed by atoms with Crippen molar-refractivity contribution >= 4 is 21.7 Å². The van der Waals surface area contributed by atoms with E-state index in [4.69, 9.17) is 19.9 Å². The van der Waals surface area contributed by atoms with Crippen molar-refractivity contribution in [1.82, 2.24) is 4.90 Å². The second kappa shape index (κ2) is 11.6. The molecule has 0 bridgehead atoms. The van der Waals surface area contributed by atoms with Crippen molar-refractivity contribution in [2.24, 2.45) is 11.1 Å². The zero-order valence-electron chi connectivity index (χ0n) is 22.3. The van der Waals surface area contributed by atoms with Gasteiger partial charge in [-0.1, -0.05) is 60.1 Å². The van der Waals surface area contributed by atoms with E-state index in [9.17, 15) is 10.1 Å². The molecule has 1 heterocycles. The number of nitrogens with two attached hydrogens (primary N) is 1. The van der Waals surface area contributed by atoms with Gasteiger partial charge in [0, 0.05) is 35.8 Å². The van der Waals surface area contributed by atoms with Crippen molar-refractivity contribution in [3.63, 3.8) is 0 Å². The Bertz CT molecular complexity index is 1310. The average Bonchev–Trinajstić information content (AvgIpc) is 2.88. The highest BCUT2D eigenvalue weighted by Gasteiger charge is 2.44. The van der Waals surface area contributed by atoms with Crippen LogP contribution in [0.15, 0.2) is 69.6 Å². The third-order valence-electron chi connectivity index (χ3n) is 6.92. The predicted molar refractivity (Wildman–Crippen MR) is 149 cm³/mol. The topological polar surface area (TPSA) is 97.8 Å². The number of carbonyl (C=O) groups is 1. The summed E-state index contributed by atoms with van der Waals surface area (Å²) < 4.78 is 18.1. The van der Waals surface area contributed by atoms with Crippen LogP contribution in [-0.4, -0.2) is 37.6 Å². The molecule has 2 aromatic carbocycles. The van der Waals surface area contributed by atoms with Gasteiger partial charge in [0.05, 0.1) is 30.8 Å². The minimum absolute atomic E-state index is 0.0261. The Hall–Kier alpha value is -3.28. The van der Waals surface area contributed by atoms with Crippen LogP contribution in [0.1, 0.15) is 50.7 Å². The minimum Gasteiger partial charge on any atom is -0.490 e. The van der Waals surface area contributed by atoms with Crippen LogP contribution in [0.2, 0.25) is 0 Å². The van der Waals surface area contributed by atoms with Crippen molar-refractivity contribution in [3.8, 4) is 17.6 Å². The van der Waals surface area contributed by atoms with E-state index in [1.165, 1.54) is 0 Å². The van der Waals surface area contributed by atoms with Gasteiger partial charge in [-0.3, -0.25) is 4.79 Å². The standard InChI is InChI=1S/C30H34BrN3O4/c1-5-37-25-13-20(22(31)14-26(25)38-18-19-9-7-6-8-10-19)27-21(17-32)29(33)34(11-12-36-4)23-15-30(2,3)16-24(35)28(23)27/h6-10,13-14,27H,5,11-12,15-16,18,33H2,1-4H3/t27-/m0/s1. The molecule has 0 saturated carbocycles. The number of ether oxygens (including phenoxy) is 3. The van der Waals surface area contributed by atoms with Gasteiger partial charge < -0.3 is 24.8 Å². The van der Waals surface area contributed by atoms with Crippen molar-refractivity contribution in [2.75, 3.05) is 26.9 Å². The molecule has 0 unspecified atom stereocenters. The lowest BCUT2D eigenvalue weighted by atomic mass is 9.68. The number of hydrogen-bond donors (Lipinski definition) is 1. The van der Waals surface area contributed by atoms with Gasteiger partial charge in [0.15, 0.2) is 17.3 Å². The number of carbonyl (C=O) groups excluding carboxylic acids is 1. The lowest BCUT2D eigenvalue weighted by Crippen LogP contribution is -2.43. The monoisotopic (exact) mass is 579 g/mol. The van der Waals surface area contributed by atoms with E-state index in [2.05, 4.69) is 35.8 Å². The van der Waals surface area contributed by atoms with Gasteiger partial charge in [-0.05, 0) is 42.0 Å². The average molecular weight is 581 g/mol. The molecule has 4 rings (SSSR count). The zero-order chi connectivity index (χ0) is 27.4. The van der Waals surface area contributed by atoms with E-state index in [1.807, 2.05) is 54.3 Å².